The molecule has 3 heterocycles. The predicted octanol–water partition coefficient (Wildman–Crippen LogP) is 2.52. The van der Waals surface area contributed by atoms with Gasteiger partial charge in [-0.15, -0.1) is 0 Å². The second-order valence-electron chi connectivity index (χ2n) is 8.38. The van der Waals surface area contributed by atoms with E-state index in [2.05, 4.69) is 5.32 Å². The third-order valence-electron chi connectivity index (χ3n) is 6.70. The number of rotatable bonds is 3. The summed E-state index contributed by atoms with van der Waals surface area (Å²) in [5, 5.41) is 3.66. The van der Waals surface area contributed by atoms with E-state index in [1.165, 1.54) is 6.07 Å². The molecule has 1 N–H and O–H groups in total. The molecule has 0 saturated carbocycles. The summed E-state index contributed by atoms with van der Waals surface area (Å²) in [6.07, 6.45) is 4.68. The standard InChI is InChI=1S/C22H30FN3O2/c1-2-25-13-16(12-20(25)27)22(28)26-14-18(15-7-6-8-17(23)11-15)21-19(26)9-4-3-5-10-24-21/h6-8,11,16,18-19,21,24H,2-5,9-10,12-14H2,1H3/t16-,18-,19+,21-/m0/s1. The minimum absolute atomic E-state index is 0.0778. The maximum Gasteiger partial charge on any atom is 0.228 e. The lowest BCUT2D eigenvalue weighted by molar-refractivity contribution is -0.137. The molecular weight excluding hydrogens is 357 g/mol. The van der Waals surface area contributed by atoms with Gasteiger partial charge in [0.25, 0.3) is 0 Å². The number of likely N-dealkylation sites (tertiary alicyclic amines) is 2. The van der Waals surface area contributed by atoms with E-state index in [9.17, 15) is 14.0 Å². The van der Waals surface area contributed by atoms with Gasteiger partial charge in [0.1, 0.15) is 5.82 Å². The number of hydrogen-bond donors (Lipinski definition) is 1. The highest BCUT2D eigenvalue weighted by molar-refractivity contribution is 5.89. The van der Waals surface area contributed by atoms with Crippen LogP contribution < -0.4 is 5.32 Å². The topological polar surface area (TPSA) is 52.7 Å². The van der Waals surface area contributed by atoms with Crippen LogP contribution >= 0.6 is 0 Å². The smallest absolute Gasteiger partial charge is 0.228 e. The number of hydrogen-bond acceptors (Lipinski definition) is 3. The Bertz CT molecular complexity index is 740. The van der Waals surface area contributed by atoms with Crippen molar-refractivity contribution in [2.45, 2.75) is 57.0 Å². The monoisotopic (exact) mass is 387 g/mol. The molecule has 2 amide bonds. The van der Waals surface area contributed by atoms with E-state index in [0.717, 1.165) is 37.8 Å². The Morgan fingerprint density at radius 1 is 1.25 bits per heavy atom. The molecule has 0 aromatic heterocycles. The zero-order valence-electron chi connectivity index (χ0n) is 16.6. The Hall–Kier alpha value is -1.95. The fraction of sp³-hybridized carbons (Fsp3) is 0.636. The van der Waals surface area contributed by atoms with E-state index >= 15 is 0 Å². The first-order chi connectivity index (χ1) is 13.6. The summed E-state index contributed by atoms with van der Waals surface area (Å²) < 4.78 is 13.9. The van der Waals surface area contributed by atoms with Crippen LogP contribution in [0.5, 0.6) is 0 Å². The Morgan fingerprint density at radius 3 is 2.86 bits per heavy atom. The maximum absolute atomic E-state index is 13.9. The summed E-state index contributed by atoms with van der Waals surface area (Å²) in [7, 11) is 0. The highest BCUT2D eigenvalue weighted by Crippen LogP contribution is 2.37. The summed E-state index contributed by atoms with van der Waals surface area (Å²) >= 11 is 0. The molecule has 3 aliphatic rings. The second-order valence-corrected chi connectivity index (χ2v) is 8.38. The van der Waals surface area contributed by atoms with Gasteiger partial charge in [-0.25, -0.2) is 4.39 Å². The van der Waals surface area contributed by atoms with Gasteiger partial charge in [0.05, 0.1) is 5.92 Å². The fourth-order valence-electron chi connectivity index (χ4n) is 5.24. The summed E-state index contributed by atoms with van der Waals surface area (Å²) in [6, 6.07) is 7.05. The van der Waals surface area contributed by atoms with Gasteiger partial charge in [-0.05, 0) is 44.0 Å². The fourth-order valence-corrected chi connectivity index (χ4v) is 5.24. The lowest BCUT2D eigenvalue weighted by Gasteiger charge is -2.32. The van der Waals surface area contributed by atoms with Crippen molar-refractivity contribution < 1.29 is 14.0 Å². The molecule has 0 spiro atoms. The zero-order chi connectivity index (χ0) is 19.7. The number of benzene rings is 1. The summed E-state index contributed by atoms with van der Waals surface area (Å²) in [6.45, 7) is 4.67. The number of carbonyl (C=O) groups excluding carboxylic acids is 2. The summed E-state index contributed by atoms with van der Waals surface area (Å²) in [5.74, 6) is -0.216. The first-order valence-electron chi connectivity index (χ1n) is 10.7. The lowest BCUT2D eigenvalue weighted by Crippen LogP contribution is -2.48. The van der Waals surface area contributed by atoms with Crippen molar-refractivity contribution in [3.8, 4) is 0 Å². The van der Waals surface area contributed by atoms with Gasteiger partial charge in [-0.2, -0.15) is 0 Å². The minimum atomic E-state index is -0.246. The molecule has 6 heteroatoms. The first-order valence-corrected chi connectivity index (χ1v) is 10.7. The van der Waals surface area contributed by atoms with E-state index in [4.69, 9.17) is 0 Å². The van der Waals surface area contributed by atoms with Crippen molar-refractivity contribution in [3.63, 3.8) is 0 Å². The van der Waals surface area contributed by atoms with Crippen LogP contribution in [0.1, 0.15) is 50.5 Å². The highest BCUT2D eigenvalue weighted by Gasteiger charge is 2.47. The largest absolute Gasteiger partial charge is 0.342 e. The average molecular weight is 387 g/mol. The molecule has 4 atom stereocenters. The third-order valence-corrected chi connectivity index (χ3v) is 6.70. The van der Waals surface area contributed by atoms with Crippen LogP contribution in [-0.4, -0.2) is 59.9 Å². The number of nitrogens with zero attached hydrogens (tertiary/aromatic N) is 2. The molecule has 1 aromatic carbocycles. The molecule has 0 aliphatic carbocycles. The van der Waals surface area contributed by atoms with Gasteiger partial charge in [-0.3, -0.25) is 9.59 Å². The number of fused-ring (bicyclic) bond motifs is 1. The van der Waals surface area contributed by atoms with Gasteiger partial charge in [0.15, 0.2) is 0 Å². The molecule has 3 saturated heterocycles. The van der Waals surface area contributed by atoms with E-state index in [-0.39, 0.29) is 41.6 Å². The van der Waals surface area contributed by atoms with Gasteiger partial charge in [-0.1, -0.05) is 25.0 Å². The quantitative estimate of drug-likeness (QED) is 0.867. The average Bonchev–Trinajstić information content (AvgIpc) is 3.21. The highest BCUT2D eigenvalue weighted by atomic mass is 19.1. The Labute approximate surface area is 166 Å². The predicted molar refractivity (Wildman–Crippen MR) is 105 cm³/mol. The molecule has 1 aromatic rings. The Balaban J connectivity index is 1.59. The molecule has 152 valence electrons. The minimum Gasteiger partial charge on any atom is -0.342 e. The van der Waals surface area contributed by atoms with E-state index in [1.807, 2.05) is 17.9 Å². The van der Waals surface area contributed by atoms with Crippen LogP contribution in [-0.2, 0) is 9.59 Å². The van der Waals surface area contributed by atoms with Crippen molar-refractivity contribution >= 4 is 11.8 Å². The molecule has 0 radical (unpaired) electrons. The van der Waals surface area contributed by atoms with Crippen molar-refractivity contribution in [2.75, 3.05) is 26.2 Å². The lowest BCUT2D eigenvalue weighted by atomic mass is 9.88. The third kappa shape index (κ3) is 3.66. The summed E-state index contributed by atoms with van der Waals surface area (Å²) in [4.78, 5) is 29.3. The molecule has 4 rings (SSSR count). The second kappa shape index (κ2) is 8.19. The zero-order valence-corrected chi connectivity index (χ0v) is 16.6. The van der Waals surface area contributed by atoms with Crippen LogP contribution in [0.25, 0.3) is 0 Å². The number of halogens is 1. The number of carbonyl (C=O) groups is 2. The van der Waals surface area contributed by atoms with Crippen LogP contribution in [0.2, 0.25) is 0 Å². The Kier molecular flexibility index (Phi) is 5.67. The van der Waals surface area contributed by atoms with Gasteiger partial charge < -0.3 is 15.1 Å². The molecule has 3 aliphatic heterocycles. The van der Waals surface area contributed by atoms with E-state index in [1.54, 1.807) is 17.0 Å². The van der Waals surface area contributed by atoms with Crippen LogP contribution in [0.3, 0.4) is 0 Å². The van der Waals surface area contributed by atoms with Gasteiger partial charge in [0, 0.05) is 44.1 Å². The molecular formula is C22H30FN3O2. The molecule has 3 fully saturated rings. The van der Waals surface area contributed by atoms with Gasteiger partial charge >= 0.3 is 0 Å². The molecule has 0 unspecified atom stereocenters. The SMILES string of the molecule is CCN1C[C@@H](C(=O)N2C[C@@H](c3cccc(F)c3)[C@@H]3NCCCCC[C@H]32)CC1=O. The number of amides is 2. The van der Waals surface area contributed by atoms with Crippen molar-refractivity contribution in [2.24, 2.45) is 5.92 Å². The van der Waals surface area contributed by atoms with E-state index < -0.39 is 0 Å². The van der Waals surface area contributed by atoms with Crippen molar-refractivity contribution in [1.29, 1.82) is 0 Å². The van der Waals surface area contributed by atoms with Crippen LogP contribution in [0, 0.1) is 11.7 Å². The van der Waals surface area contributed by atoms with Gasteiger partial charge in [0.2, 0.25) is 11.8 Å². The molecule has 5 nitrogen and oxygen atoms in total. The van der Waals surface area contributed by atoms with Crippen molar-refractivity contribution in [1.82, 2.24) is 15.1 Å². The van der Waals surface area contributed by atoms with Crippen molar-refractivity contribution in [3.05, 3.63) is 35.6 Å². The van der Waals surface area contributed by atoms with Crippen LogP contribution in [0.4, 0.5) is 4.39 Å². The van der Waals surface area contributed by atoms with E-state index in [0.29, 0.717) is 26.1 Å². The van der Waals surface area contributed by atoms with Crippen LogP contribution in [0.15, 0.2) is 24.3 Å². The Morgan fingerprint density at radius 2 is 2.11 bits per heavy atom. The maximum atomic E-state index is 13.9. The first kappa shape index (κ1) is 19.4. The summed E-state index contributed by atoms with van der Waals surface area (Å²) in [5.41, 5.74) is 0.955. The molecule has 28 heavy (non-hydrogen) atoms. The normalized spacial score (nSPS) is 30.9. The number of nitrogens with one attached hydrogen (secondary N) is 1. The molecule has 0 bridgehead atoms.